The van der Waals surface area contributed by atoms with Gasteiger partial charge in [-0.1, -0.05) is 0 Å². The number of cyclic esters (lactones) is 1. The number of amides is 1. The number of carbonyl (C=O) groups is 1. The molecule has 0 aromatic rings. The van der Waals surface area contributed by atoms with Crippen molar-refractivity contribution in [2.24, 2.45) is 5.92 Å². The van der Waals surface area contributed by atoms with Gasteiger partial charge in [-0.2, -0.15) is 0 Å². The first-order valence-electron chi connectivity index (χ1n) is 10.1. The molecule has 1 aliphatic heterocycles. The van der Waals surface area contributed by atoms with Gasteiger partial charge in [0.15, 0.2) is 0 Å². The van der Waals surface area contributed by atoms with Gasteiger partial charge in [-0.05, 0) is 0 Å². The van der Waals surface area contributed by atoms with E-state index in [1.165, 1.54) is 51.8 Å². The molecular weight excluding hydrogens is 405 g/mol. The summed E-state index contributed by atoms with van der Waals surface area (Å²) in [5, 5.41) is 0. The first-order chi connectivity index (χ1) is 11.5. The molecule has 0 aromatic carbocycles. The van der Waals surface area contributed by atoms with Crippen molar-refractivity contribution in [2.45, 2.75) is 92.5 Å². The molecule has 1 amide bonds. The van der Waals surface area contributed by atoms with E-state index >= 15 is 0 Å². The third-order valence-electron chi connectivity index (χ3n) is 5.39. The van der Waals surface area contributed by atoms with Crippen molar-refractivity contribution < 1.29 is 9.53 Å². The van der Waals surface area contributed by atoms with Gasteiger partial charge in [-0.25, -0.2) is 0 Å². The SMILES string of the molecule is CCC[CH2][Sn](/[CH]=C/N1C(=O)OC[C@@H]1C(C)C)([CH2]CCC)[CH2]CCC. The van der Waals surface area contributed by atoms with Crippen molar-refractivity contribution in [3.8, 4) is 0 Å². The molecule has 1 rings (SSSR count). The molecule has 1 aliphatic rings. The van der Waals surface area contributed by atoms with E-state index in [1.54, 1.807) is 0 Å². The Labute approximate surface area is 154 Å². The van der Waals surface area contributed by atoms with Gasteiger partial charge in [0, 0.05) is 0 Å². The van der Waals surface area contributed by atoms with Crippen LogP contribution in [0.5, 0.6) is 0 Å². The Balaban J connectivity index is 2.95. The molecule has 4 heteroatoms. The van der Waals surface area contributed by atoms with Crippen LogP contribution in [0.15, 0.2) is 10.3 Å². The minimum atomic E-state index is -2.32. The molecule has 0 saturated carbocycles. The summed E-state index contributed by atoms with van der Waals surface area (Å²) >= 11 is -2.32. The molecule has 0 bridgehead atoms. The summed E-state index contributed by atoms with van der Waals surface area (Å²) < 4.78 is 12.2. The van der Waals surface area contributed by atoms with E-state index in [9.17, 15) is 4.79 Å². The molecule has 1 saturated heterocycles. The van der Waals surface area contributed by atoms with Crippen LogP contribution in [0.2, 0.25) is 13.3 Å². The summed E-state index contributed by atoms with van der Waals surface area (Å²) in [6.45, 7) is 11.8. The van der Waals surface area contributed by atoms with Gasteiger partial charge in [-0.3, -0.25) is 0 Å². The molecule has 0 unspecified atom stereocenters. The molecule has 0 radical (unpaired) electrons. The van der Waals surface area contributed by atoms with Crippen LogP contribution in [-0.2, 0) is 4.74 Å². The van der Waals surface area contributed by atoms with E-state index in [1.807, 2.05) is 4.90 Å². The molecule has 1 fully saturated rings. The Morgan fingerprint density at radius 2 is 1.58 bits per heavy atom. The molecule has 0 N–H and O–H groups in total. The Morgan fingerprint density at radius 1 is 1.08 bits per heavy atom. The van der Waals surface area contributed by atoms with E-state index in [0.717, 1.165) is 0 Å². The summed E-state index contributed by atoms with van der Waals surface area (Å²) in [7, 11) is 0. The molecule has 1 atom stereocenters. The molecule has 24 heavy (non-hydrogen) atoms. The molecule has 140 valence electrons. The topological polar surface area (TPSA) is 29.5 Å². The van der Waals surface area contributed by atoms with E-state index in [2.05, 4.69) is 44.9 Å². The number of hydrogen-bond acceptors (Lipinski definition) is 2. The quantitative estimate of drug-likeness (QED) is 0.328. The molecule has 3 nitrogen and oxygen atoms in total. The van der Waals surface area contributed by atoms with Crippen molar-refractivity contribution in [3.05, 3.63) is 10.3 Å². The zero-order valence-electron chi connectivity index (χ0n) is 16.6. The Hall–Kier alpha value is -0.191. The fourth-order valence-electron chi connectivity index (χ4n) is 3.58. The van der Waals surface area contributed by atoms with Gasteiger partial charge >= 0.3 is 154 Å². The van der Waals surface area contributed by atoms with Gasteiger partial charge < -0.3 is 0 Å². The second-order valence-corrected chi connectivity index (χ2v) is 20.8. The van der Waals surface area contributed by atoms with Crippen molar-refractivity contribution in [1.82, 2.24) is 4.90 Å². The van der Waals surface area contributed by atoms with Crippen LogP contribution in [0.4, 0.5) is 4.79 Å². The first kappa shape index (κ1) is 21.9. The normalized spacial score (nSPS) is 18.8. The first-order valence-corrected chi connectivity index (χ1v) is 17.8. The number of rotatable bonds is 12. The van der Waals surface area contributed by atoms with E-state index in [0.29, 0.717) is 12.5 Å². The summed E-state index contributed by atoms with van der Waals surface area (Å²) in [5.74, 6) is 0.438. The zero-order valence-corrected chi connectivity index (χ0v) is 19.5. The van der Waals surface area contributed by atoms with Crippen LogP contribution in [0, 0.1) is 5.92 Å². The summed E-state index contributed by atoms with van der Waals surface area (Å²) in [4.78, 5) is 14.0. The van der Waals surface area contributed by atoms with E-state index < -0.39 is 18.4 Å². The number of hydrogen-bond donors (Lipinski definition) is 0. The van der Waals surface area contributed by atoms with Crippen molar-refractivity contribution >= 4 is 24.5 Å². The maximum atomic E-state index is 12.1. The Morgan fingerprint density at radius 3 is 2.00 bits per heavy atom. The predicted molar refractivity (Wildman–Crippen MR) is 106 cm³/mol. The van der Waals surface area contributed by atoms with Crippen molar-refractivity contribution in [1.29, 1.82) is 0 Å². The third-order valence-corrected chi connectivity index (χ3v) is 19.4. The fraction of sp³-hybridized carbons (Fsp3) is 0.850. The molecule has 0 aromatic heterocycles. The number of unbranched alkanes of at least 4 members (excludes halogenated alkanes) is 3. The van der Waals surface area contributed by atoms with Gasteiger partial charge in [0.25, 0.3) is 0 Å². The van der Waals surface area contributed by atoms with Crippen molar-refractivity contribution in [3.63, 3.8) is 0 Å². The van der Waals surface area contributed by atoms with Crippen LogP contribution in [0.1, 0.15) is 73.1 Å². The summed E-state index contributed by atoms with van der Waals surface area (Å²) in [6.07, 6.45) is 9.91. The number of carbonyl (C=O) groups excluding carboxylic acids is 1. The average Bonchev–Trinajstić information content (AvgIpc) is 2.94. The molecule has 0 spiro atoms. The summed E-state index contributed by atoms with van der Waals surface area (Å²) in [5.41, 5.74) is 0. The van der Waals surface area contributed by atoms with Crippen LogP contribution in [0.25, 0.3) is 0 Å². The van der Waals surface area contributed by atoms with Gasteiger partial charge in [0.1, 0.15) is 0 Å². The van der Waals surface area contributed by atoms with Crippen LogP contribution >= 0.6 is 0 Å². The summed E-state index contributed by atoms with van der Waals surface area (Å²) in [6, 6.07) is 0.210. The molecular formula is C20H39NO2Sn. The average molecular weight is 444 g/mol. The van der Waals surface area contributed by atoms with E-state index in [4.69, 9.17) is 4.74 Å². The predicted octanol–water partition coefficient (Wildman–Crippen LogP) is 6.37. The van der Waals surface area contributed by atoms with Gasteiger partial charge in [0.2, 0.25) is 0 Å². The van der Waals surface area contributed by atoms with Gasteiger partial charge in [0.05, 0.1) is 0 Å². The standard InChI is InChI=1S/C8H12NO2.3C4H9.Sn/c1-4-9-7(6(2)3)5-11-8(9)10;3*1-3-4-2;/h1,4,6-7H,5H2,2-3H3;3*1,3-4H2,2H3;/t7-;;;;/m1..../s1. The van der Waals surface area contributed by atoms with Gasteiger partial charge in [-0.15, -0.1) is 0 Å². The Kier molecular flexibility index (Phi) is 10.4. The van der Waals surface area contributed by atoms with Crippen LogP contribution < -0.4 is 0 Å². The minimum absolute atomic E-state index is 0.147. The van der Waals surface area contributed by atoms with Crippen LogP contribution in [0.3, 0.4) is 0 Å². The van der Waals surface area contributed by atoms with Crippen molar-refractivity contribution in [2.75, 3.05) is 6.61 Å². The van der Waals surface area contributed by atoms with Crippen LogP contribution in [-0.4, -0.2) is 42.0 Å². The number of nitrogens with zero attached hydrogens (tertiary/aromatic N) is 1. The molecule has 0 aliphatic carbocycles. The second kappa shape index (κ2) is 11.4. The van der Waals surface area contributed by atoms with E-state index in [-0.39, 0.29) is 12.1 Å². The number of ether oxygens (including phenoxy) is 1. The fourth-order valence-corrected chi connectivity index (χ4v) is 17.6. The maximum absolute atomic E-state index is 12.1. The zero-order chi connectivity index (χ0) is 18.0. The third kappa shape index (κ3) is 6.61. The second-order valence-electron chi connectivity index (χ2n) is 7.78. The Bertz CT molecular complexity index is 373. The molecule has 1 heterocycles. The monoisotopic (exact) mass is 445 g/mol.